The Balaban J connectivity index is 3.34. The van der Waals surface area contributed by atoms with Gasteiger partial charge in [0.05, 0.1) is 11.7 Å². The molecule has 0 bridgehead atoms. The van der Waals surface area contributed by atoms with Crippen LogP contribution >= 0.6 is 0 Å². The van der Waals surface area contributed by atoms with E-state index in [1.807, 2.05) is 13.0 Å². The molecular formula is C20H26N2O. The molecule has 0 saturated carbocycles. The summed E-state index contributed by atoms with van der Waals surface area (Å²) in [4.78, 5) is 0. The molecule has 0 aliphatic carbocycles. The molecule has 0 aliphatic rings. The highest BCUT2D eigenvalue weighted by Gasteiger charge is 2.19. The molecule has 3 nitrogen and oxygen atoms in total. The lowest BCUT2D eigenvalue weighted by molar-refractivity contribution is 0.207. The Labute approximate surface area is 140 Å². The third kappa shape index (κ3) is 5.15. The summed E-state index contributed by atoms with van der Waals surface area (Å²) < 4.78 is 6.07. The molecule has 0 aromatic heterocycles. The quantitative estimate of drug-likeness (QED) is 0.641. The lowest BCUT2D eigenvalue weighted by Gasteiger charge is -2.21. The molecule has 0 spiro atoms. The van der Waals surface area contributed by atoms with Crippen LogP contribution < -0.4 is 4.74 Å². The van der Waals surface area contributed by atoms with Crippen LogP contribution in [0.15, 0.2) is 24.3 Å². The van der Waals surface area contributed by atoms with Crippen LogP contribution in [0.5, 0.6) is 5.75 Å². The topological polar surface area (TPSA) is 56.8 Å². The van der Waals surface area contributed by atoms with Gasteiger partial charge in [0.1, 0.15) is 23.5 Å². The fourth-order valence-electron chi connectivity index (χ4n) is 2.45. The summed E-state index contributed by atoms with van der Waals surface area (Å²) >= 11 is 0. The predicted octanol–water partition coefficient (Wildman–Crippen LogP) is 5.31. The van der Waals surface area contributed by atoms with Gasteiger partial charge >= 0.3 is 0 Å². The monoisotopic (exact) mass is 310 g/mol. The summed E-state index contributed by atoms with van der Waals surface area (Å²) in [6, 6.07) is 7.86. The van der Waals surface area contributed by atoms with E-state index in [0.29, 0.717) is 22.8 Å². The van der Waals surface area contributed by atoms with E-state index in [0.717, 1.165) is 18.4 Å². The molecule has 0 N–H and O–H groups in total. The summed E-state index contributed by atoms with van der Waals surface area (Å²) in [7, 11) is 0. The van der Waals surface area contributed by atoms with Crippen LogP contribution in [0.4, 0.5) is 0 Å². The first-order chi connectivity index (χ1) is 10.9. The molecule has 122 valence electrons. The third-order valence-corrected chi connectivity index (χ3v) is 3.71. The number of nitriles is 2. The average Bonchev–Trinajstić information content (AvgIpc) is 2.52. The molecular weight excluding hydrogens is 284 g/mol. The summed E-state index contributed by atoms with van der Waals surface area (Å²) in [5.74, 6) is 1.16. The normalized spacial score (nSPS) is 13.6. The number of rotatable bonds is 7. The fraction of sp³-hybridized carbons (Fsp3) is 0.500. The highest BCUT2D eigenvalue weighted by atomic mass is 16.5. The van der Waals surface area contributed by atoms with Gasteiger partial charge in [-0.3, -0.25) is 0 Å². The Morgan fingerprint density at radius 1 is 1.09 bits per heavy atom. The number of benzene rings is 1. The smallest absolute Gasteiger partial charge is 0.142 e. The van der Waals surface area contributed by atoms with Crippen molar-refractivity contribution in [3.8, 4) is 17.9 Å². The van der Waals surface area contributed by atoms with Crippen molar-refractivity contribution >= 4 is 0 Å². The number of hydrogen-bond acceptors (Lipinski definition) is 3. The predicted molar refractivity (Wildman–Crippen MR) is 93.3 cm³/mol. The van der Waals surface area contributed by atoms with Crippen molar-refractivity contribution in [3.05, 3.63) is 41.0 Å². The summed E-state index contributed by atoms with van der Waals surface area (Å²) in [6.45, 7) is 10.4. The SMILES string of the molecule is CCCC(C)Oc1c(C(C)C=CC(C)C)ccc(C#N)c1C#N. The maximum atomic E-state index is 9.50. The molecule has 2 atom stereocenters. The standard InChI is InChI=1S/C20H26N2O/c1-6-7-16(5)23-20-18(15(4)9-8-14(2)3)11-10-17(12-21)19(20)13-22/h8-11,14-16H,6-7H2,1-5H3. The molecule has 23 heavy (non-hydrogen) atoms. The van der Waals surface area contributed by atoms with Gasteiger partial charge in [-0.05, 0) is 25.3 Å². The zero-order chi connectivity index (χ0) is 17.4. The minimum absolute atomic E-state index is 0.0149. The van der Waals surface area contributed by atoms with Crippen molar-refractivity contribution in [2.24, 2.45) is 5.92 Å². The summed E-state index contributed by atoms with van der Waals surface area (Å²) in [5.41, 5.74) is 1.67. The Morgan fingerprint density at radius 2 is 1.78 bits per heavy atom. The van der Waals surface area contributed by atoms with E-state index in [9.17, 15) is 10.5 Å². The zero-order valence-electron chi connectivity index (χ0n) is 14.8. The van der Waals surface area contributed by atoms with Crippen LogP contribution in [0.2, 0.25) is 0 Å². The van der Waals surface area contributed by atoms with Crippen molar-refractivity contribution in [1.29, 1.82) is 10.5 Å². The summed E-state index contributed by atoms with van der Waals surface area (Å²) in [6.07, 6.45) is 6.22. The molecule has 0 radical (unpaired) electrons. The number of nitrogens with zero attached hydrogens (tertiary/aromatic N) is 2. The Hall–Kier alpha value is -2.26. The number of hydrogen-bond donors (Lipinski definition) is 0. The van der Waals surface area contributed by atoms with Gasteiger partial charge in [-0.25, -0.2) is 0 Å². The number of allylic oxidation sites excluding steroid dienone is 2. The molecule has 1 rings (SSSR count). The second-order valence-corrected chi connectivity index (χ2v) is 6.26. The fourth-order valence-corrected chi connectivity index (χ4v) is 2.45. The molecule has 1 aromatic carbocycles. The molecule has 0 aliphatic heterocycles. The van der Waals surface area contributed by atoms with Gasteiger partial charge in [0.2, 0.25) is 0 Å². The van der Waals surface area contributed by atoms with Crippen molar-refractivity contribution < 1.29 is 4.74 Å². The van der Waals surface area contributed by atoms with Gasteiger partial charge in [0.25, 0.3) is 0 Å². The van der Waals surface area contributed by atoms with Crippen LogP contribution in [0.3, 0.4) is 0 Å². The van der Waals surface area contributed by atoms with E-state index < -0.39 is 0 Å². The van der Waals surface area contributed by atoms with Gasteiger partial charge in [-0.2, -0.15) is 10.5 Å². The van der Waals surface area contributed by atoms with Crippen LogP contribution in [-0.2, 0) is 0 Å². The van der Waals surface area contributed by atoms with Crippen molar-refractivity contribution in [2.75, 3.05) is 0 Å². The Morgan fingerprint density at radius 3 is 2.30 bits per heavy atom. The summed E-state index contributed by atoms with van der Waals surface area (Å²) in [5, 5.41) is 18.7. The largest absolute Gasteiger partial charge is 0.489 e. The lowest BCUT2D eigenvalue weighted by Crippen LogP contribution is -2.14. The molecule has 0 fully saturated rings. The zero-order valence-corrected chi connectivity index (χ0v) is 14.8. The third-order valence-electron chi connectivity index (χ3n) is 3.71. The lowest BCUT2D eigenvalue weighted by atomic mass is 9.93. The second kappa shape index (κ2) is 9.01. The van der Waals surface area contributed by atoms with Gasteiger partial charge in [0, 0.05) is 11.5 Å². The van der Waals surface area contributed by atoms with E-state index in [-0.39, 0.29) is 12.0 Å². The first kappa shape index (κ1) is 18.8. The van der Waals surface area contributed by atoms with Crippen LogP contribution in [0.25, 0.3) is 0 Å². The minimum Gasteiger partial charge on any atom is -0.489 e. The van der Waals surface area contributed by atoms with Crippen molar-refractivity contribution in [2.45, 2.75) is 59.5 Å². The van der Waals surface area contributed by atoms with Gasteiger partial charge in [-0.15, -0.1) is 0 Å². The van der Waals surface area contributed by atoms with E-state index in [1.54, 1.807) is 6.07 Å². The average molecular weight is 310 g/mol. The molecule has 0 saturated heterocycles. The highest BCUT2D eigenvalue weighted by molar-refractivity contribution is 5.59. The van der Waals surface area contributed by atoms with E-state index >= 15 is 0 Å². The van der Waals surface area contributed by atoms with Crippen LogP contribution in [0, 0.1) is 28.6 Å². The van der Waals surface area contributed by atoms with Gasteiger partial charge in [-0.1, -0.05) is 52.3 Å². The molecule has 0 amide bonds. The first-order valence-corrected chi connectivity index (χ1v) is 8.26. The maximum absolute atomic E-state index is 9.50. The second-order valence-electron chi connectivity index (χ2n) is 6.26. The molecule has 0 heterocycles. The highest BCUT2D eigenvalue weighted by Crippen LogP contribution is 2.34. The first-order valence-electron chi connectivity index (χ1n) is 8.26. The molecule has 3 heteroatoms. The van der Waals surface area contributed by atoms with Crippen LogP contribution in [0.1, 0.15) is 70.1 Å². The molecule has 1 aromatic rings. The van der Waals surface area contributed by atoms with E-state index in [2.05, 4.69) is 52.0 Å². The number of ether oxygens (including phenoxy) is 1. The van der Waals surface area contributed by atoms with E-state index in [4.69, 9.17) is 4.74 Å². The Kier molecular flexibility index (Phi) is 7.36. The maximum Gasteiger partial charge on any atom is 0.142 e. The van der Waals surface area contributed by atoms with Gasteiger partial charge < -0.3 is 4.74 Å². The molecule has 2 unspecified atom stereocenters. The van der Waals surface area contributed by atoms with Crippen molar-refractivity contribution in [3.63, 3.8) is 0 Å². The minimum atomic E-state index is 0.0149. The Bertz CT molecular complexity index is 632. The van der Waals surface area contributed by atoms with Crippen molar-refractivity contribution in [1.82, 2.24) is 0 Å². The van der Waals surface area contributed by atoms with Gasteiger partial charge in [0.15, 0.2) is 0 Å². The van der Waals surface area contributed by atoms with E-state index in [1.165, 1.54) is 0 Å². The van der Waals surface area contributed by atoms with Crippen LogP contribution in [-0.4, -0.2) is 6.10 Å².